The quantitative estimate of drug-likeness (QED) is 0.231. The Kier molecular flexibility index (Phi) is 7.86. The van der Waals surface area contributed by atoms with Crippen molar-refractivity contribution in [2.24, 2.45) is 5.92 Å². The molecule has 4 rings (SSSR count). The first-order valence-corrected chi connectivity index (χ1v) is 12.5. The van der Waals surface area contributed by atoms with Crippen LogP contribution in [0.15, 0.2) is 29.9 Å². The smallest absolute Gasteiger partial charge is 0.416 e. The Labute approximate surface area is 214 Å². The van der Waals surface area contributed by atoms with Crippen LogP contribution >= 0.6 is 11.3 Å². The highest BCUT2D eigenvalue weighted by atomic mass is 32.1. The van der Waals surface area contributed by atoms with E-state index in [2.05, 4.69) is 15.0 Å². The van der Waals surface area contributed by atoms with Crippen molar-refractivity contribution in [1.29, 1.82) is 0 Å². The van der Waals surface area contributed by atoms with Crippen molar-refractivity contribution < 1.29 is 31.9 Å². The first kappa shape index (κ1) is 26.6. The average molecular weight is 537 g/mol. The number of anilines is 1. The van der Waals surface area contributed by atoms with E-state index in [9.17, 15) is 27.2 Å². The molecule has 1 aliphatic heterocycles. The SMILES string of the molecule is CCOC(=O)C1CCN(c2cnc(C(=O)Cc3nc(-c4cc(F)c(C)c(C(F)(F)F)c4)cs3)cn2)CC1. The molecule has 0 bridgehead atoms. The predicted molar refractivity (Wildman–Crippen MR) is 129 cm³/mol. The van der Waals surface area contributed by atoms with E-state index in [0.29, 0.717) is 43.4 Å². The molecule has 12 heteroatoms. The van der Waals surface area contributed by atoms with Crippen LogP contribution < -0.4 is 4.90 Å². The number of piperidine rings is 1. The Balaban J connectivity index is 1.40. The number of ketones is 1. The molecule has 0 unspecified atom stereocenters. The number of esters is 1. The van der Waals surface area contributed by atoms with Crippen LogP contribution in [0.5, 0.6) is 0 Å². The van der Waals surface area contributed by atoms with Gasteiger partial charge in [0, 0.05) is 24.0 Å². The highest BCUT2D eigenvalue weighted by Gasteiger charge is 2.34. The molecule has 37 heavy (non-hydrogen) atoms. The first-order valence-electron chi connectivity index (χ1n) is 11.7. The summed E-state index contributed by atoms with van der Waals surface area (Å²) < 4.78 is 59.0. The molecule has 0 atom stereocenters. The number of hydrogen-bond acceptors (Lipinski definition) is 8. The molecule has 1 aliphatic rings. The van der Waals surface area contributed by atoms with Crippen LogP contribution in [0.25, 0.3) is 11.3 Å². The van der Waals surface area contributed by atoms with Gasteiger partial charge >= 0.3 is 12.1 Å². The van der Waals surface area contributed by atoms with Crippen LogP contribution in [-0.2, 0) is 22.1 Å². The molecule has 1 aromatic carbocycles. The summed E-state index contributed by atoms with van der Waals surface area (Å²) in [7, 11) is 0. The number of ether oxygens (including phenoxy) is 1. The Morgan fingerprint density at radius 3 is 2.51 bits per heavy atom. The van der Waals surface area contributed by atoms with Crippen molar-refractivity contribution in [2.75, 3.05) is 24.6 Å². The van der Waals surface area contributed by atoms with E-state index in [0.717, 1.165) is 30.4 Å². The summed E-state index contributed by atoms with van der Waals surface area (Å²) in [5, 5.41) is 1.85. The summed E-state index contributed by atoms with van der Waals surface area (Å²) in [6.07, 6.45) is -0.666. The maximum atomic E-state index is 14.1. The van der Waals surface area contributed by atoms with E-state index in [1.165, 1.54) is 17.8 Å². The molecule has 3 aromatic rings. The Morgan fingerprint density at radius 2 is 1.89 bits per heavy atom. The molecular weight excluding hydrogens is 512 g/mol. The molecule has 7 nitrogen and oxygen atoms in total. The maximum Gasteiger partial charge on any atom is 0.416 e. The molecule has 0 aliphatic carbocycles. The van der Waals surface area contributed by atoms with Gasteiger partial charge in [0.1, 0.15) is 22.3 Å². The summed E-state index contributed by atoms with van der Waals surface area (Å²) in [5.74, 6) is -1.06. The minimum absolute atomic E-state index is 0.0127. The maximum absolute atomic E-state index is 14.1. The molecule has 0 spiro atoms. The third-order valence-electron chi connectivity index (χ3n) is 6.17. The fourth-order valence-corrected chi connectivity index (χ4v) is 4.91. The number of benzene rings is 1. The summed E-state index contributed by atoms with van der Waals surface area (Å²) in [4.78, 5) is 39.4. The van der Waals surface area contributed by atoms with Gasteiger partial charge in [-0.1, -0.05) is 0 Å². The van der Waals surface area contributed by atoms with E-state index in [-0.39, 0.29) is 41.0 Å². The van der Waals surface area contributed by atoms with Crippen molar-refractivity contribution in [1.82, 2.24) is 15.0 Å². The van der Waals surface area contributed by atoms with Gasteiger partial charge in [0.15, 0.2) is 5.78 Å². The Morgan fingerprint density at radius 1 is 1.16 bits per heavy atom. The first-order chi connectivity index (χ1) is 17.6. The van der Waals surface area contributed by atoms with Gasteiger partial charge in [0.05, 0.1) is 42.6 Å². The Bertz CT molecular complexity index is 1290. The van der Waals surface area contributed by atoms with Gasteiger partial charge < -0.3 is 9.64 Å². The minimum Gasteiger partial charge on any atom is -0.466 e. The van der Waals surface area contributed by atoms with E-state index in [4.69, 9.17) is 4.74 Å². The van der Waals surface area contributed by atoms with Crippen molar-refractivity contribution in [3.63, 3.8) is 0 Å². The molecule has 1 saturated heterocycles. The van der Waals surface area contributed by atoms with Crippen LogP contribution in [0.2, 0.25) is 0 Å². The summed E-state index contributed by atoms with van der Waals surface area (Å²) >= 11 is 1.09. The average Bonchev–Trinajstić information content (AvgIpc) is 3.33. The fourth-order valence-electron chi connectivity index (χ4n) is 4.11. The zero-order valence-corrected chi connectivity index (χ0v) is 21.0. The molecule has 0 amide bonds. The molecule has 3 heterocycles. The minimum atomic E-state index is -4.70. The lowest BCUT2D eigenvalue weighted by Crippen LogP contribution is -2.37. The number of carbonyl (C=O) groups excluding carboxylic acids is 2. The van der Waals surface area contributed by atoms with E-state index < -0.39 is 23.1 Å². The number of alkyl halides is 3. The number of halogens is 4. The number of thiazole rings is 1. The summed E-state index contributed by atoms with van der Waals surface area (Å²) in [5.41, 5.74) is -1.27. The molecule has 0 saturated carbocycles. The van der Waals surface area contributed by atoms with E-state index >= 15 is 0 Å². The standard InChI is InChI=1S/C25H24F4N4O3S/c1-3-36-24(35)15-4-6-33(7-5-15)22-12-30-19(11-31-22)21(34)10-23-32-20(13-37-23)16-8-17(25(27,28)29)14(2)18(26)9-16/h8-9,11-13,15H,3-7,10H2,1-2H3. The molecule has 2 aromatic heterocycles. The van der Waals surface area contributed by atoms with Gasteiger partial charge in [-0.3, -0.25) is 9.59 Å². The number of Topliss-reactive ketones (excluding diaryl/α,β-unsaturated/α-hetero) is 1. The lowest BCUT2D eigenvalue weighted by atomic mass is 9.97. The van der Waals surface area contributed by atoms with Crippen LogP contribution in [0.4, 0.5) is 23.4 Å². The number of aromatic nitrogens is 3. The van der Waals surface area contributed by atoms with Crippen molar-refractivity contribution in [3.05, 3.63) is 57.6 Å². The number of nitrogens with zero attached hydrogens (tertiary/aromatic N) is 4. The monoisotopic (exact) mass is 536 g/mol. The highest BCUT2D eigenvalue weighted by Crippen LogP contribution is 2.36. The van der Waals surface area contributed by atoms with Crippen LogP contribution in [0.1, 0.15) is 46.4 Å². The number of rotatable bonds is 7. The molecular formula is C25H24F4N4O3S. The lowest BCUT2D eigenvalue weighted by Gasteiger charge is -2.31. The van der Waals surface area contributed by atoms with Crippen molar-refractivity contribution in [3.8, 4) is 11.3 Å². The van der Waals surface area contributed by atoms with Crippen molar-refractivity contribution in [2.45, 2.75) is 39.3 Å². The van der Waals surface area contributed by atoms with Gasteiger partial charge in [-0.05, 0) is 44.4 Å². The predicted octanol–water partition coefficient (Wildman–Crippen LogP) is 5.27. The summed E-state index contributed by atoms with van der Waals surface area (Å²) in [6.45, 7) is 4.43. The molecule has 196 valence electrons. The topological polar surface area (TPSA) is 85.3 Å². The Hall–Kier alpha value is -3.41. The number of hydrogen-bond donors (Lipinski definition) is 0. The van der Waals surface area contributed by atoms with Crippen molar-refractivity contribution >= 4 is 28.9 Å². The second-order valence-electron chi connectivity index (χ2n) is 8.63. The van der Waals surface area contributed by atoms with Crippen LogP contribution in [0.3, 0.4) is 0 Å². The molecule has 0 radical (unpaired) electrons. The van der Waals surface area contributed by atoms with Gasteiger partial charge in [0.2, 0.25) is 0 Å². The lowest BCUT2D eigenvalue weighted by molar-refractivity contribution is -0.148. The largest absolute Gasteiger partial charge is 0.466 e. The zero-order valence-electron chi connectivity index (χ0n) is 20.1. The fraction of sp³-hybridized carbons (Fsp3) is 0.400. The van der Waals surface area contributed by atoms with E-state index in [1.807, 2.05) is 4.90 Å². The van der Waals surface area contributed by atoms with Gasteiger partial charge in [-0.15, -0.1) is 11.3 Å². The highest BCUT2D eigenvalue weighted by molar-refractivity contribution is 7.10. The molecule has 1 fully saturated rings. The van der Waals surface area contributed by atoms with E-state index in [1.54, 1.807) is 6.92 Å². The summed E-state index contributed by atoms with van der Waals surface area (Å²) in [6, 6.07) is 1.86. The van der Waals surface area contributed by atoms with Crippen LogP contribution in [-0.4, -0.2) is 46.4 Å². The molecule has 0 N–H and O–H groups in total. The second kappa shape index (κ2) is 10.9. The second-order valence-corrected chi connectivity index (χ2v) is 9.57. The van der Waals surface area contributed by atoms with Gasteiger partial charge in [-0.25, -0.2) is 19.3 Å². The third-order valence-corrected chi connectivity index (χ3v) is 7.02. The zero-order chi connectivity index (χ0) is 26.7. The third kappa shape index (κ3) is 6.12. The normalized spacial score (nSPS) is 14.6. The van der Waals surface area contributed by atoms with Gasteiger partial charge in [0.25, 0.3) is 0 Å². The van der Waals surface area contributed by atoms with Gasteiger partial charge in [-0.2, -0.15) is 13.2 Å². The van der Waals surface area contributed by atoms with Crippen LogP contribution in [0, 0.1) is 18.7 Å². The number of carbonyl (C=O) groups is 2.